The van der Waals surface area contributed by atoms with Crippen LogP contribution in [0.15, 0.2) is 83.4 Å². The summed E-state index contributed by atoms with van der Waals surface area (Å²) in [5.74, 6) is 0.0381. The number of hydrogen-bond donors (Lipinski definition) is 2. The number of nitrogens with one attached hydrogen (secondary N) is 1. The maximum atomic E-state index is 14.0. The Hall–Kier alpha value is -4.14. The van der Waals surface area contributed by atoms with Gasteiger partial charge in [-0.1, -0.05) is 54.6 Å². The topological polar surface area (TPSA) is 96.8 Å². The molecule has 3 aliphatic rings. The van der Waals surface area contributed by atoms with Crippen molar-refractivity contribution in [2.75, 3.05) is 26.3 Å². The molecule has 3 atom stereocenters. The van der Waals surface area contributed by atoms with Gasteiger partial charge in [-0.25, -0.2) is 4.79 Å². The van der Waals surface area contributed by atoms with Crippen molar-refractivity contribution in [2.24, 2.45) is 5.92 Å². The zero-order valence-corrected chi connectivity index (χ0v) is 25.1. The number of rotatable bonds is 8. The second-order valence-electron chi connectivity index (χ2n) is 12.1. The van der Waals surface area contributed by atoms with Gasteiger partial charge < -0.3 is 24.5 Å². The third-order valence-corrected chi connectivity index (χ3v) is 9.61. The van der Waals surface area contributed by atoms with E-state index in [4.69, 9.17) is 9.47 Å². The zero-order chi connectivity index (χ0) is 30.2. The summed E-state index contributed by atoms with van der Waals surface area (Å²) in [6.45, 7) is 3.55. The fourth-order valence-corrected chi connectivity index (χ4v) is 7.53. The zero-order valence-electron chi connectivity index (χ0n) is 25.1. The van der Waals surface area contributed by atoms with Crippen molar-refractivity contribution < 1.29 is 19.4 Å². The second-order valence-corrected chi connectivity index (χ2v) is 12.1. The number of carbonyl (C=O) groups excluding carboxylic acids is 1. The van der Waals surface area contributed by atoms with Gasteiger partial charge in [0.1, 0.15) is 0 Å². The average Bonchev–Trinajstić information content (AvgIpc) is 3.60. The predicted octanol–water partition coefficient (Wildman–Crippen LogP) is 5.51. The van der Waals surface area contributed by atoms with Gasteiger partial charge in [-0.05, 0) is 85.1 Å². The number of hydrogen-bond acceptors (Lipinski definition) is 5. The molecule has 4 aromatic rings. The molecule has 44 heavy (non-hydrogen) atoms. The third-order valence-electron chi connectivity index (χ3n) is 9.61. The van der Waals surface area contributed by atoms with E-state index in [0.717, 1.165) is 17.5 Å². The molecule has 1 saturated heterocycles. The maximum absolute atomic E-state index is 14.0. The van der Waals surface area contributed by atoms with E-state index in [0.29, 0.717) is 51.1 Å². The van der Waals surface area contributed by atoms with Crippen molar-refractivity contribution in [3.8, 4) is 11.1 Å². The van der Waals surface area contributed by atoms with E-state index in [-0.39, 0.29) is 36.1 Å². The van der Waals surface area contributed by atoms with Crippen molar-refractivity contribution in [3.63, 3.8) is 0 Å². The lowest BCUT2D eigenvalue weighted by Crippen LogP contribution is -2.44. The average molecular weight is 594 g/mol. The second kappa shape index (κ2) is 12.1. The minimum Gasteiger partial charge on any atom is -0.459 e. The predicted molar refractivity (Wildman–Crippen MR) is 169 cm³/mol. The van der Waals surface area contributed by atoms with E-state index in [1.807, 2.05) is 46.7 Å². The van der Waals surface area contributed by atoms with Crippen LogP contribution in [0, 0.1) is 5.92 Å². The first kappa shape index (κ1) is 28.6. The Morgan fingerprint density at radius 1 is 1.02 bits per heavy atom. The number of ether oxygens (including phenoxy) is 2. The van der Waals surface area contributed by atoms with E-state index in [1.54, 1.807) is 0 Å². The van der Waals surface area contributed by atoms with Crippen LogP contribution in [-0.4, -0.2) is 58.1 Å². The van der Waals surface area contributed by atoms with Crippen LogP contribution in [-0.2, 0) is 20.7 Å². The minimum absolute atomic E-state index is 0.0178. The molecule has 2 N–H and O–H groups in total. The fraction of sp³-hybridized carbons (Fsp3) is 0.389. The van der Waals surface area contributed by atoms with Crippen LogP contribution >= 0.6 is 0 Å². The number of para-hydroxylation sites is 2. The molecule has 1 aromatic heterocycles. The number of carbonyl (C=O) groups is 1. The number of fused-ring (bicyclic) bond motifs is 4. The molecule has 0 unspecified atom stereocenters. The van der Waals surface area contributed by atoms with E-state index < -0.39 is 6.29 Å². The number of imidazole rings is 1. The fourth-order valence-electron chi connectivity index (χ4n) is 7.53. The molecule has 1 aliphatic carbocycles. The van der Waals surface area contributed by atoms with E-state index in [2.05, 4.69) is 47.4 Å². The van der Waals surface area contributed by atoms with Gasteiger partial charge in [0.2, 0.25) is 6.29 Å². The molecule has 1 amide bonds. The van der Waals surface area contributed by atoms with Gasteiger partial charge in [0.05, 0.1) is 11.0 Å². The standard InChI is InChI=1S/C36H39N3O5/c1-2-43-35-28(13-8-20-40)30(27-12-7-11-26-25-10-4-3-9-23(25)21-29(26)27)22-33(44-35)34(41)38-18-16-24(17-19-38)39-32-15-6-5-14-31(32)37-36(39)42/h3-7,9-12,14-15,22,24,28,30,35,40H,2,8,13,16-21H2,1H3,(H,37,42)/t28-,30+,35+/m1/s1. The van der Waals surface area contributed by atoms with Crippen LogP contribution < -0.4 is 5.69 Å². The summed E-state index contributed by atoms with van der Waals surface area (Å²) in [5, 5.41) is 9.74. The highest BCUT2D eigenvalue weighted by Crippen LogP contribution is 2.46. The number of aromatic amines is 1. The molecule has 1 fully saturated rings. The van der Waals surface area contributed by atoms with E-state index in [1.165, 1.54) is 27.8 Å². The van der Waals surface area contributed by atoms with E-state index in [9.17, 15) is 14.7 Å². The third kappa shape index (κ3) is 5.06. The summed E-state index contributed by atoms with van der Waals surface area (Å²) in [6.07, 6.45) is 4.97. The van der Waals surface area contributed by atoms with Crippen LogP contribution in [0.2, 0.25) is 0 Å². The molecule has 0 saturated carbocycles. The lowest BCUT2D eigenvalue weighted by Gasteiger charge is -2.39. The number of H-pyrrole nitrogens is 1. The summed E-state index contributed by atoms with van der Waals surface area (Å²) in [5.41, 5.74) is 7.92. The number of likely N-dealkylation sites (tertiary alicyclic amines) is 1. The summed E-state index contributed by atoms with van der Waals surface area (Å²) < 4.78 is 14.4. The summed E-state index contributed by atoms with van der Waals surface area (Å²) in [6, 6.07) is 22.8. The number of allylic oxidation sites excluding steroid dienone is 1. The Bertz CT molecular complexity index is 1760. The SMILES string of the molecule is CCO[C@H]1OC(C(=O)N2CCC(n3c(=O)[nH]c4ccccc43)CC2)=C[C@@H](c2cccc3c2Cc2ccccc2-3)[C@H]1CCCO. The number of nitrogens with zero attached hydrogens (tertiary/aromatic N) is 2. The highest BCUT2D eigenvalue weighted by atomic mass is 16.7. The van der Waals surface area contributed by atoms with Crippen molar-refractivity contribution in [3.05, 3.63) is 106 Å². The number of aliphatic hydroxyl groups excluding tert-OH is 1. The van der Waals surface area contributed by atoms with Crippen molar-refractivity contribution >= 4 is 16.9 Å². The van der Waals surface area contributed by atoms with Crippen LogP contribution in [0.4, 0.5) is 0 Å². The van der Waals surface area contributed by atoms with Crippen LogP contribution in [0.5, 0.6) is 0 Å². The maximum Gasteiger partial charge on any atom is 0.326 e. The van der Waals surface area contributed by atoms with Gasteiger partial charge in [-0.15, -0.1) is 0 Å². The first-order chi connectivity index (χ1) is 21.6. The lowest BCUT2D eigenvalue weighted by molar-refractivity contribution is -0.170. The molecular formula is C36H39N3O5. The molecule has 228 valence electrons. The Kier molecular flexibility index (Phi) is 7.87. The monoisotopic (exact) mass is 593 g/mol. The smallest absolute Gasteiger partial charge is 0.326 e. The number of benzene rings is 3. The number of aliphatic hydroxyl groups is 1. The van der Waals surface area contributed by atoms with E-state index >= 15 is 0 Å². The lowest BCUT2D eigenvalue weighted by atomic mass is 9.78. The summed E-state index contributed by atoms with van der Waals surface area (Å²) in [7, 11) is 0. The van der Waals surface area contributed by atoms with Gasteiger partial charge >= 0.3 is 5.69 Å². The Morgan fingerprint density at radius 3 is 2.61 bits per heavy atom. The molecule has 8 heteroatoms. The van der Waals surface area contributed by atoms with Crippen molar-refractivity contribution in [1.29, 1.82) is 0 Å². The van der Waals surface area contributed by atoms with Crippen LogP contribution in [0.25, 0.3) is 22.2 Å². The first-order valence-electron chi connectivity index (χ1n) is 15.9. The Balaban J connectivity index is 1.18. The highest BCUT2D eigenvalue weighted by Gasteiger charge is 2.41. The molecule has 2 aliphatic heterocycles. The number of piperidine rings is 1. The molecule has 0 bridgehead atoms. The molecule has 3 aromatic carbocycles. The van der Waals surface area contributed by atoms with Crippen molar-refractivity contribution in [1.82, 2.24) is 14.5 Å². The Morgan fingerprint density at radius 2 is 1.80 bits per heavy atom. The normalized spacial score (nSPS) is 21.5. The molecule has 8 nitrogen and oxygen atoms in total. The Labute approximate surface area is 256 Å². The number of aromatic nitrogens is 2. The molecule has 0 radical (unpaired) electrons. The van der Waals surface area contributed by atoms with Gasteiger partial charge in [0, 0.05) is 44.2 Å². The summed E-state index contributed by atoms with van der Waals surface area (Å²) in [4.78, 5) is 31.6. The van der Waals surface area contributed by atoms with Crippen molar-refractivity contribution in [2.45, 2.75) is 57.3 Å². The van der Waals surface area contributed by atoms with Gasteiger partial charge in [-0.2, -0.15) is 0 Å². The van der Waals surface area contributed by atoms with Crippen LogP contribution in [0.3, 0.4) is 0 Å². The quantitative estimate of drug-likeness (QED) is 0.247. The molecule has 7 rings (SSSR count). The number of amides is 1. The minimum atomic E-state index is -0.595. The molecule has 3 heterocycles. The molecule has 0 spiro atoms. The largest absolute Gasteiger partial charge is 0.459 e. The highest BCUT2D eigenvalue weighted by molar-refractivity contribution is 5.92. The molecular weight excluding hydrogens is 554 g/mol. The van der Waals surface area contributed by atoms with Gasteiger partial charge in [-0.3, -0.25) is 9.36 Å². The summed E-state index contributed by atoms with van der Waals surface area (Å²) >= 11 is 0. The van der Waals surface area contributed by atoms with Gasteiger partial charge in [0.25, 0.3) is 5.91 Å². The first-order valence-corrected chi connectivity index (χ1v) is 15.9. The van der Waals surface area contributed by atoms with Gasteiger partial charge in [0.15, 0.2) is 5.76 Å². The van der Waals surface area contributed by atoms with Crippen LogP contribution in [0.1, 0.15) is 61.3 Å².